The molecule has 0 aliphatic carbocycles. The van der Waals surface area contributed by atoms with Gasteiger partial charge in [-0.1, -0.05) is 19.0 Å². The Bertz CT molecular complexity index is 741. The van der Waals surface area contributed by atoms with Gasteiger partial charge >= 0.3 is 0 Å². The van der Waals surface area contributed by atoms with Gasteiger partial charge in [0.1, 0.15) is 0 Å². The summed E-state index contributed by atoms with van der Waals surface area (Å²) in [5.41, 5.74) is 0.767. The van der Waals surface area contributed by atoms with E-state index in [2.05, 4.69) is 10.1 Å². The van der Waals surface area contributed by atoms with Crippen LogP contribution in [0.5, 0.6) is 11.5 Å². The number of carbonyl (C=O) groups is 1. The number of nitrogens with zero attached hydrogens (tertiary/aromatic N) is 3. The molecule has 2 heterocycles. The van der Waals surface area contributed by atoms with Crippen LogP contribution in [0.25, 0.3) is 0 Å². The smallest absolute Gasteiger partial charge is 0.232 e. The van der Waals surface area contributed by atoms with E-state index in [-0.39, 0.29) is 17.7 Å². The molecule has 128 valence electrons. The first-order valence-electron chi connectivity index (χ1n) is 7.89. The Balaban J connectivity index is 1.82. The maximum absolute atomic E-state index is 12.4. The highest BCUT2D eigenvalue weighted by Gasteiger charge is 2.35. The highest BCUT2D eigenvalue weighted by molar-refractivity contribution is 5.96. The standard InChI is InChI=1S/C17H21N3O4/c1-10(2)16-18-17(24-19-16)11-7-15(21)20(9-11)12-5-6-13(22-3)14(8-12)23-4/h5-6,8,10-11H,7,9H2,1-4H3. The highest BCUT2D eigenvalue weighted by atomic mass is 16.5. The molecule has 1 fully saturated rings. The van der Waals surface area contributed by atoms with Crippen LogP contribution in [0.15, 0.2) is 22.7 Å². The molecule has 1 aliphatic rings. The van der Waals surface area contributed by atoms with Gasteiger partial charge in [-0.15, -0.1) is 0 Å². The zero-order chi connectivity index (χ0) is 17.3. The number of amides is 1. The summed E-state index contributed by atoms with van der Waals surface area (Å²) >= 11 is 0. The summed E-state index contributed by atoms with van der Waals surface area (Å²) in [6, 6.07) is 5.43. The van der Waals surface area contributed by atoms with Crippen molar-refractivity contribution < 1.29 is 18.8 Å². The minimum absolute atomic E-state index is 0.0246. The largest absolute Gasteiger partial charge is 0.493 e. The molecule has 0 N–H and O–H groups in total. The van der Waals surface area contributed by atoms with E-state index < -0.39 is 0 Å². The van der Waals surface area contributed by atoms with E-state index in [1.807, 2.05) is 19.9 Å². The van der Waals surface area contributed by atoms with Crippen LogP contribution in [0.1, 0.15) is 43.8 Å². The van der Waals surface area contributed by atoms with E-state index in [4.69, 9.17) is 14.0 Å². The van der Waals surface area contributed by atoms with Crippen molar-refractivity contribution in [2.24, 2.45) is 0 Å². The molecule has 0 saturated carbocycles. The molecule has 0 spiro atoms. The van der Waals surface area contributed by atoms with Crippen LogP contribution in [0.4, 0.5) is 5.69 Å². The van der Waals surface area contributed by atoms with Gasteiger partial charge in [-0.2, -0.15) is 4.98 Å². The van der Waals surface area contributed by atoms with Gasteiger partial charge in [0.25, 0.3) is 0 Å². The zero-order valence-electron chi connectivity index (χ0n) is 14.3. The molecule has 1 aliphatic heterocycles. The molecular formula is C17H21N3O4. The fourth-order valence-electron chi connectivity index (χ4n) is 2.76. The van der Waals surface area contributed by atoms with Gasteiger partial charge < -0.3 is 18.9 Å². The number of methoxy groups -OCH3 is 2. The van der Waals surface area contributed by atoms with Crippen molar-refractivity contribution in [3.05, 3.63) is 29.9 Å². The third kappa shape index (κ3) is 2.93. The molecule has 1 unspecified atom stereocenters. The van der Waals surface area contributed by atoms with Crippen molar-refractivity contribution in [1.82, 2.24) is 10.1 Å². The topological polar surface area (TPSA) is 77.7 Å². The average molecular weight is 331 g/mol. The van der Waals surface area contributed by atoms with Crippen molar-refractivity contribution in [2.45, 2.75) is 32.1 Å². The number of carbonyl (C=O) groups excluding carboxylic acids is 1. The van der Waals surface area contributed by atoms with Gasteiger partial charge in [0.05, 0.1) is 20.1 Å². The van der Waals surface area contributed by atoms with E-state index in [9.17, 15) is 4.79 Å². The normalized spacial score (nSPS) is 17.6. The monoisotopic (exact) mass is 331 g/mol. The average Bonchev–Trinajstić information content (AvgIpc) is 3.21. The molecule has 2 aromatic rings. The van der Waals surface area contributed by atoms with Crippen LogP contribution in [0, 0.1) is 0 Å². The van der Waals surface area contributed by atoms with Crippen molar-refractivity contribution in [3.8, 4) is 11.5 Å². The molecule has 0 bridgehead atoms. The summed E-state index contributed by atoms with van der Waals surface area (Å²) in [4.78, 5) is 18.5. The van der Waals surface area contributed by atoms with E-state index in [0.717, 1.165) is 5.69 Å². The first kappa shape index (κ1) is 16.3. The number of aromatic nitrogens is 2. The summed E-state index contributed by atoms with van der Waals surface area (Å²) in [7, 11) is 3.15. The summed E-state index contributed by atoms with van der Waals surface area (Å²) < 4.78 is 15.9. The molecular weight excluding hydrogens is 310 g/mol. The summed E-state index contributed by atoms with van der Waals surface area (Å²) in [6.45, 7) is 4.52. The van der Waals surface area contributed by atoms with Crippen LogP contribution >= 0.6 is 0 Å². The first-order valence-corrected chi connectivity index (χ1v) is 7.89. The van der Waals surface area contributed by atoms with Crippen LogP contribution in [0.3, 0.4) is 0 Å². The van der Waals surface area contributed by atoms with Crippen molar-refractivity contribution in [1.29, 1.82) is 0 Å². The second-order valence-corrected chi connectivity index (χ2v) is 6.09. The summed E-state index contributed by atoms with van der Waals surface area (Å²) in [5, 5.41) is 3.98. The highest BCUT2D eigenvalue weighted by Crippen LogP contribution is 2.36. The van der Waals surface area contributed by atoms with Gasteiger partial charge in [0, 0.05) is 30.6 Å². The second kappa shape index (κ2) is 6.51. The molecule has 24 heavy (non-hydrogen) atoms. The lowest BCUT2D eigenvalue weighted by atomic mass is 10.1. The predicted molar refractivity (Wildman–Crippen MR) is 87.6 cm³/mol. The van der Waals surface area contributed by atoms with Gasteiger partial charge in [0.2, 0.25) is 11.8 Å². The molecule has 1 aromatic heterocycles. The molecule has 7 nitrogen and oxygen atoms in total. The van der Waals surface area contributed by atoms with Crippen LogP contribution < -0.4 is 14.4 Å². The number of ether oxygens (including phenoxy) is 2. The van der Waals surface area contributed by atoms with Gasteiger partial charge in [0.15, 0.2) is 17.3 Å². The Morgan fingerprint density at radius 1 is 1.25 bits per heavy atom. The fourth-order valence-corrected chi connectivity index (χ4v) is 2.76. The third-order valence-corrected chi connectivity index (χ3v) is 4.13. The minimum Gasteiger partial charge on any atom is -0.493 e. The summed E-state index contributed by atoms with van der Waals surface area (Å²) in [6.07, 6.45) is 0.355. The van der Waals surface area contributed by atoms with Crippen molar-refractivity contribution in [2.75, 3.05) is 25.7 Å². The van der Waals surface area contributed by atoms with Gasteiger partial charge in [-0.25, -0.2) is 0 Å². The molecule has 0 radical (unpaired) electrons. The lowest BCUT2D eigenvalue weighted by molar-refractivity contribution is -0.117. The van der Waals surface area contributed by atoms with E-state index in [1.54, 1.807) is 31.3 Å². The van der Waals surface area contributed by atoms with E-state index in [0.29, 0.717) is 36.2 Å². The Labute approximate surface area is 140 Å². The Morgan fingerprint density at radius 3 is 2.62 bits per heavy atom. The Kier molecular flexibility index (Phi) is 4.42. The third-order valence-electron chi connectivity index (χ3n) is 4.13. The SMILES string of the molecule is COc1ccc(N2CC(c3nc(C(C)C)no3)CC2=O)cc1OC. The van der Waals surface area contributed by atoms with Gasteiger partial charge in [-0.3, -0.25) is 4.79 Å². The lowest BCUT2D eigenvalue weighted by Crippen LogP contribution is -2.24. The fraction of sp³-hybridized carbons (Fsp3) is 0.471. The van der Waals surface area contributed by atoms with Crippen molar-refractivity contribution in [3.63, 3.8) is 0 Å². The van der Waals surface area contributed by atoms with Crippen LogP contribution in [0.2, 0.25) is 0 Å². The summed E-state index contributed by atoms with van der Waals surface area (Å²) in [5.74, 6) is 2.54. The lowest BCUT2D eigenvalue weighted by Gasteiger charge is -2.18. The number of hydrogen-bond donors (Lipinski definition) is 0. The molecule has 1 saturated heterocycles. The zero-order valence-corrected chi connectivity index (χ0v) is 14.3. The molecule has 1 aromatic carbocycles. The van der Waals surface area contributed by atoms with E-state index >= 15 is 0 Å². The number of rotatable bonds is 5. The maximum Gasteiger partial charge on any atom is 0.232 e. The predicted octanol–water partition coefficient (Wildman–Crippen LogP) is 2.73. The Hall–Kier alpha value is -2.57. The van der Waals surface area contributed by atoms with Crippen LogP contribution in [-0.2, 0) is 4.79 Å². The number of benzene rings is 1. The number of hydrogen-bond acceptors (Lipinski definition) is 6. The minimum atomic E-state index is -0.0920. The van der Waals surface area contributed by atoms with Gasteiger partial charge in [-0.05, 0) is 12.1 Å². The van der Waals surface area contributed by atoms with Crippen molar-refractivity contribution >= 4 is 11.6 Å². The van der Waals surface area contributed by atoms with Crippen LogP contribution in [-0.4, -0.2) is 36.8 Å². The Morgan fingerprint density at radius 2 is 2.00 bits per heavy atom. The molecule has 7 heteroatoms. The maximum atomic E-state index is 12.4. The van der Waals surface area contributed by atoms with E-state index in [1.165, 1.54) is 0 Å². The number of anilines is 1. The molecule has 1 atom stereocenters. The second-order valence-electron chi connectivity index (χ2n) is 6.09. The molecule has 3 rings (SSSR count). The quantitative estimate of drug-likeness (QED) is 0.838. The molecule has 1 amide bonds. The first-order chi connectivity index (χ1) is 11.5.